The van der Waals surface area contributed by atoms with Gasteiger partial charge in [-0.1, -0.05) is 31.0 Å². The van der Waals surface area contributed by atoms with Crippen molar-refractivity contribution in [2.75, 3.05) is 6.61 Å². The van der Waals surface area contributed by atoms with Crippen LogP contribution in [0.4, 0.5) is 0 Å². The summed E-state index contributed by atoms with van der Waals surface area (Å²) < 4.78 is 5.68. The predicted molar refractivity (Wildman–Crippen MR) is 83.2 cm³/mol. The van der Waals surface area contributed by atoms with Crippen LogP contribution in [0.25, 0.3) is 0 Å². The molecule has 1 N–H and O–H groups in total. The predicted octanol–water partition coefficient (Wildman–Crippen LogP) is 3.77. The number of ether oxygens (including phenoxy) is 1. The van der Waals surface area contributed by atoms with Crippen molar-refractivity contribution in [3.63, 3.8) is 0 Å². The van der Waals surface area contributed by atoms with Crippen molar-refractivity contribution >= 4 is 5.91 Å². The quantitative estimate of drug-likeness (QED) is 0.824. The molecule has 0 radical (unpaired) electrons. The van der Waals surface area contributed by atoms with E-state index in [1.807, 2.05) is 19.1 Å². The van der Waals surface area contributed by atoms with Crippen molar-refractivity contribution in [1.29, 1.82) is 0 Å². The first-order chi connectivity index (χ1) is 9.34. The Morgan fingerprint density at radius 1 is 1.30 bits per heavy atom. The largest absolute Gasteiger partial charge is 0.493 e. The molecule has 0 fully saturated rings. The Bertz CT molecular complexity index is 452. The molecular weight excluding hydrogens is 250 g/mol. The van der Waals surface area contributed by atoms with E-state index in [9.17, 15) is 4.79 Å². The fourth-order valence-corrected chi connectivity index (χ4v) is 2.34. The van der Waals surface area contributed by atoms with Gasteiger partial charge in [0.1, 0.15) is 5.75 Å². The number of amides is 1. The molecule has 1 aromatic carbocycles. The monoisotopic (exact) mass is 277 g/mol. The Morgan fingerprint density at radius 3 is 2.60 bits per heavy atom. The van der Waals surface area contributed by atoms with Crippen LogP contribution in [0.3, 0.4) is 0 Å². The van der Waals surface area contributed by atoms with Crippen LogP contribution in [0.15, 0.2) is 18.2 Å². The Morgan fingerprint density at radius 2 is 2.00 bits per heavy atom. The van der Waals surface area contributed by atoms with Gasteiger partial charge in [-0.05, 0) is 45.7 Å². The third-order valence-electron chi connectivity index (χ3n) is 3.27. The molecule has 1 rings (SSSR count). The Balaban J connectivity index is 2.38. The average molecular weight is 277 g/mol. The van der Waals surface area contributed by atoms with E-state index >= 15 is 0 Å². The summed E-state index contributed by atoms with van der Waals surface area (Å²) in [5.74, 6) is 0.907. The molecule has 3 heteroatoms. The highest BCUT2D eigenvalue weighted by atomic mass is 16.5. The van der Waals surface area contributed by atoms with E-state index in [-0.39, 0.29) is 11.4 Å². The summed E-state index contributed by atoms with van der Waals surface area (Å²) in [4.78, 5) is 11.9. The van der Waals surface area contributed by atoms with Crippen LogP contribution in [0.5, 0.6) is 5.75 Å². The number of benzene rings is 1. The van der Waals surface area contributed by atoms with Gasteiger partial charge >= 0.3 is 0 Å². The highest BCUT2D eigenvalue weighted by molar-refractivity contribution is 5.76. The van der Waals surface area contributed by atoms with Gasteiger partial charge in [-0.25, -0.2) is 0 Å². The number of aryl methyl sites for hydroxylation is 2. The van der Waals surface area contributed by atoms with Gasteiger partial charge in [0.05, 0.1) is 13.0 Å². The smallest absolute Gasteiger partial charge is 0.223 e. The zero-order valence-electron chi connectivity index (χ0n) is 13.4. The number of carbonyl (C=O) groups excluding carboxylic acids is 1. The summed E-state index contributed by atoms with van der Waals surface area (Å²) >= 11 is 0. The van der Waals surface area contributed by atoms with Crippen molar-refractivity contribution in [3.8, 4) is 5.75 Å². The van der Waals surface area contributed by atoms with Gasteiger partial charge in [0, 0.05) is 5.54 Å². The maximum atomic E-state index is 11.9. The molecule has 3 nitrogen and oxygen atoms in total. The molecule has 0 heterocycles. The first-order valence-electron chi connectivity index (χ1n) is 7.35. The lowest BCUT2D eigenvalue weighted by Gasteiger charge is -2.25. The molecule has 0 atom stereocenters. The maximum absolute atomic E-state index is 11.9. The lowest BCUT2D eigenvalue weighted by atomic mass is 9.99. The topological polar surface area (TPSA) is 38.3 Å². The van der Waals surface area contributed by atoms with E-state index in [1.54, 1.807) is 0 Å². The number of carbonyl (C=O) groups is 1. The molecule has 1 amide bonds. The Hall–Kier alpha value is -1.51. The molecular formula is C17H27NO2. The molecule has 0 saturated heterocycles. The fraction of sp³-hybridized carbons (Fsp3) is 0.588. The first kappa shape index (κ1) is 16.5. The van der Waals surface area contributed by atoms with E-state index in [0.29, 0.717) is 13.0 Å². The molecule has 20 heavy (non-hydrogen) atoms. The number of hydrogen-bond acceptors (Lipinski definition) is 2. The number of nitrogens with one attached hydrogen (secondary N) is 1. The standard InChI is InChI=1S/C17H27NO2/c1-6-10-17(4,5)18-16(19)9-11-20-15-8-7-13(2)12-14(15)3/h7-8,12H,6,9-11H2,1-5H3,(H,18,19). The highest BCUT2D eigenvalue weighted by Crippen LogP contribution is 2.18. The van der Waals surface area contributed by atoms with Crippen molar-refractivity contribution in [2.45, 2.75) is 59.4 Å². The summed E-state index contributed by atoms with van der Waals surface area (Å²) in [5, 5.41) is 3.05. The summed E-state index contributed by atoms with van der Waals surface area (Å²) in [6, 6.07) is 6.07. The second-order valence-corrected chi connectivity index (χ2v) is 6.05. The molecule has 1 aromatic rings. The molecule has 0 unspecified atom stereocenters. The Labute approximate surface area is 122 Å². The minimum atomic E-state index is -0.133. The van der Waals surface area contributed by atoms with Gasteiger partial charge in [0.2, 0.25) is 5.91 Å². The minimum Gasteiger partial charge on any atom is -0.493 e. The van der Waals surface area contributed by atoms with E-state index < -0.39 is 0 Å². The zero-order valence-corrected chi connectivity index (χ0v) is 13.4. The molecule has 112 valence electrons. The Kier molecular flexibility index (Phi) is 6.05. The molecule has 0 aliphatic heterocycles. The van der Waals surface area contributed by atoms with Crippen LogP contribution < -0.4 is 10.1 Å². The zero-order chi connectivity index (χ0) is 15.2. The lowest BCUT2D eigenvalue weighted by Crippen LogP contribution is -2.43. The summed E-state index contributed by atoms with van der Waals surface area (Å²) in [6.07, 6.45) is 2.43. The van der Waals surface area contributed by atoms with Crippen molar-refractivity contribution in [1.82, 2.24) is 5.32 Å². The lowest BCUT2D eigenvalue weighted by molar-refractivity contribution is -0.123. The SMILES string of the molecule is CCCC(C)(C)NC(=O)CCOc1ccc(C)cc1C. The van der Waals surface area contributed by atoms with Gasteiger partial charge in [0.15, 0.2) is 0 Å². The molecule has 0 bridgehead atoms. The van der Waals surface area contributed by atoms with Crippen LogP contribution in [0.2, 0.25) is 0 Å². The van der Waals surface area contributed by atoms with Crippen molar-refractivity contribution in [3.05, 3.63) is 29.3 Å². The maximum Gasteiger partial charge on any atom is 0.223 e. The molecule has 0 aromatic heterocycles. The van der Waals surface area contributed by atoms with Crippen LogP contribution in [0, 0.1) is 13.8 Å². The van der Waals surface area contributed by atoms with Crippen LogP contribution in [-0.4, -0.2) is 18.1 Å². The van der Waals surface area contributed by atoms with Gasteiger partial charge in [0.25, 0.3) is 0 Å². The number of rotatable bonds is 7. The molecule has 0 spiro atoms. The first-order valence-corrected chi connectivity index (χ1v) is 7.35. The minimum absolute atomic E-state index is 0.0493. The van der Waals surface area contributed by atoms with E-state index in [1.165, 1.54) is 5.56 Å². The normalized spacial score (nSPS) is 11.2. The van der Waals surface area contributed by atoms with Crippen molar-refractivity contribution < 1.29 is 9.53 Å². The van der Waals surface area contributed by atoms with E-state index in [2.05, 4.69) is 39.1 Å². The number of hydrogen-bond donors (Lipinski definition) is 1. The van der Waals surface area contributed by atoms with Crippen LogP contribution in [0.1, 0.15) is 51.2 Å². The highest BCUT2D eigenvalue weighted by Gasteiger charge is 2.18. The molecule has 0 aliphatic carbocycles. The summed E-state index contributed by atoms with van der Waals surface area (Å²) in [6.45, 7) is 10.7. The second kappa shape index (κ2) is 7.32. The van der Waals surface area contributed by atoms with Gasteiger partial charge in [-0.3, -0.25) is 4.79 Å². The van der Waals surface area contributed by atoms with Gasteiger partial charge < -0.3 is 10.1 Å². The van der Waals surface area contributed by atoms with Crippen LogP contribution in [-0.2, 0) is 4.79 Å². The third-order valence-corrected chi connectivity index (χ3v) is 3.27. The van der Waals surface area contributed by atoms with Gasteiger partial charge in [-0.15, -0.1) is 0 Å². The fourth-order valence-electron chi connectivity index (χ4n) is 2.34. The van der Waals surface area contributed by atoms with Gasteiger partial charge in [-0.2, -0.15) is 0 Å². The van der Waals surface area contributed by atoms with Crippen LogP contribution >= 0.6 is 0 Å². The van der Waals surface area contributed by atoms with Crippen molar-refractivity contribution in [2.24, 2.45) is 0 Å². The summed E-state index contributed by atoms with van der Waals surface area (Å²) in [5.41, 5.74) is 2.19. The summed E-state index contributed by atoms with van der Waals surface area (Å²) in [7, 11) is 0. The van der Waals surface area contributed by atoms with E-state index in [0.717, 1.165) is 24.2 Å². The second-order valence-electron chi connectivity index (χ2n) is 6.05. The third kappa shape index (κ3) is 5.64. The average Bonchev–Trinajstić information content (AvgIpc) is 2.31. The molecule has 0 saturated carbocycles. The van der Waals surface area contributed by atoms with E-state index in [4.69, 9.17) is 4.74 Å². The molecule has 0 aliphatic rings.